The fourth-order valence-corrected chi connectivity index (χ4v) is 2.89. The first-order valence-electron chi connectivity index (χ1n) is 6.90. The number of hydrogen-bond acceptors (Lipinski definition) is 3. The summed E-state index contributed by atoms with van der Waals surface area (Å²) in [5.41, 5.74) is 1.05. The van der Waals surface area contributed by atoms with Gasteiger partial charge < -0.3 is 5.32 Å². The molecule has 1 aliphatic heterocycles. The molecule has 0 radical (unpaired) electrons. The molecule has 1 aromatic carbocycles. The van der Waals surface area contributed by atoms with E-state index in [1.54, 1.807) is 6.92 Å². The van der Waals surface area contributed by atoms with Gasteiger partial charge in [-0.1, -0.05) is 18.2 Å². The lowest BCUT2D eigenvalue weighted by atomic mass is 10.2. The van der Waals surface area contributed by atoms with E-state index in [0.717, 1.165) is 12.1 Å². The average molecular weight is 261 g/mol. The molecule has 0 unspecified atom stereocenters. The molecule has 4 nitrogen and oxygen atoms in total. The van der Waals surface area contributed by atoms with E-state index in [0.29, 0.717) is 12.1 Å². The molecular weight excluding hydrogens is 238 g/mol. The number of anilines is 1. The van der Waals surface area contributed by atoms with Gasteiger partial charge in [0.05, 0.1) is 0 Å². The van der Waals surface area contributed by atoms with Crippen molar-refractivity contribution in [3.05, 3.63) is 30.3 Å². The fourth-order valence-electron chi connectivity index (χ4n) is 2.89. The number of nitrogens with one attached hydrogen (secondary N) is 1. The van der Waals surface area contributed by atoms with Gasteiger partial charge in [0.2, 0.25) is 5.91 Å². The summed E-state index contributed by atoms with van der Waals surface area (Å²) in [4.78, 5) is 12.0. The Bertz CT molecular complexity index is 432. The zero-order chi connectivity index (χ0) is 14.0. The Hall–Kier alpha value is -1.55. The van der Waals surface area contributed by atoms with Crippen molar-refractivity contribution in [2.75, 3.05) is 5.32 Å². The van der Waals surface area contributed by atoms with E-state index in [1.165, 1.54) is 0 Å². The number of carbonyl (C=O) groups is 1. The van der Waals surface area contributed by atoms with Crippen molar-refractivity contribution in [1.82, 2.24) is 10.0 Å². The number of hydrazine groups is 1. The molecule has 2 rings (SSSR count). The van der Waals surface area contributed by atoms with Gasteiger partial charge in [0, 0.05) is 31.1 Å². The summed E-state index contributed by atoms with van der Waals surface area (Å²) in [5.74, 6) is 0.0893. The van der Waals surface area contributed by atoms with Crippen LogP contribution in [0, 0.1) is 0 Å². The summed E-state index contributed by atoms with van der Waals surface area (Å²) < 4.78 is 0. The van der Waals surface area contributed by atoms with Crippen molar-refractivity contribution in [2.24, 2.45) is 0 Å². The van der Waals surface area contributed by atoms with Crippen molar-refractivity contribution in [3.63, 3.8) is 0 Å². The van der Waals surface area contributed by atoms with Crippen LogP contribution in [0.1, 0.15) is 34.1 Å². The van der Waals surface area contributed by atoms with Gasteiger partial charge in [-0.15, -0.1) is 0 Å². The number of para-hydroxylation sites is 1. The van der Waals surface area contributed by atoms with Gasteiger partial charge in [0.15, 0.2) is 0 Å². The highest BCUT2D eigenvalue weighted by molar-refractivity contribution is 5.74. The third-order valence-electron chi connectivity index (χ3n) is 3.52. The smallest absolute Gasteiger partial charge is 0.235 e. The van der Waals surface area contributed by atoms with E-state index in [4.69, 9.17) is 0 Å². The SMILES string of the molecule is CC(=O)N1[C@H](Nc2ccccc2)C[C@H](C)N1C(C)C. The Morgan fingerprint density at radius 2 is 1.95 bits per heavy atom. The Labute approximate surface area is 115 Å². The van der Waals surface area contributed by atoms with Crippen molar-refractivity contribution >= 4 is 11.6 Å². The largest absolute Gasteiger partial charge is 0.364 e. The Morgan fingerprint density at radius 3 is 2.47 bits per heavy atom. The van der Waals surface area contributed by atoms with E-state index in [1.807, 2.05) is 35.3 Å². The lowest BCUT2D eigenvalue weighted by Gasteiger charge is -2.36. The van der Waals surface area contributed by atoms with Crippen molar-refractivity contribution in [3.8, 4) is 0 Å². The van der Waals surface area contributed by atoms with Gasteiger partial charge in [0.25, 0.3) is 0 Å². The average Bonchev–Trinajstić information content (AvgIpc) is 2.67. The van der Waals surface area contributed by atoms with Crippen LogP contribution >= 0.6 is 0 Å². The van der Waals surface area contributed by atoms with Crippen molar-refractivity contribution < 1.29 is 4.79 Å². The van der Waals surface area contributed by atoms with Gasteiger partial charge in [-0.25, -0.2) is 5.01 Å². The molecule has 0 aliphatic carbocycles. The molecule has 19 heavy (non-hydrogen) atoms. The predicted molar refractivity (Wildman–Crippen MR) is 77.4 cm³/mol. The molecule has 1 fully saturated rings. The lowest BCUT2D eigenvalue weighted by molar-refractivity contribution is -0.149. The normalized spacial score (nSPS) is 23.9. The molecule has 0 saturated carbocycles. The van der Waals surface area contributed by atoms with Crippen molar-refractivity contribution in [1.29, 1.82) is 0 Å². The maximum absolute atomic E-state index is 12.0. The van der Waals surface area contributed by atoms with Crippen molar-refractivity contribution in [2.45, 2.75) is 52.4 Å². The first-order valence-corrected chi connectivity index (χ1v) is 6.90. The van der Waals surface area contributed by atoms with Crippen LogP contribution < -0.4 is 5.32 Å². The second-order valence-corrected chi connectivity index (χ2v) is 5.45. The predicted octanol–water partition coefficient (Wildman–Crippen LogP) is 2.69. The highest BCUT2D eigenvalue weighted by Gasteiger charge is 2.39. The molecule has 0 bridgehead atoms. The number of nitrogens with zero attached hydrogens (tertiary/aromatic N) is 2. The molecule has 2 atom stereocenters. The van der Waals surface area contributed by atoms with Gasteiger partial charge in [-0.05, 0) is 32.9 Å². The molecule has 0 aromatic heterocycles. The van der Waals surface area contributed by atoms with Gasteiger partial charge in [0.1, 0.15) is 6.17 Å². The molecule has 1 aromatic rings. The van der Waals surface area contributed by atoms with E-state index in [9.17, 15) is 4.79 Å². The summed E-state index contributed by atoms with van der Waals surface area (Å²) >= 11 is 0. The minimum Gasteiger partial charge on any atom is -0.364 e. The molecule has 4 heteroatoms. The molecule has 104 valence electrons. The monoisotopic (exact) mass is 261 g/mol. The van der Waals surface area contributed by atoms with Crippen LogP contribution in [-0.2, 0) is 4.79 Å². The maximum Gasteiger partial charge on any atom is 0.235 e. The highest BCUT2D eigenvalue weighted by Crippen LogP contribution is 2.28. The molecule has 1 saturated heterocycles. The Kier molecular flexibility index (Phi) is 4.10. The van der Waals surface area contributed by atoms with Crippen LogP contribution in [0.15, 0.2) is 30.3 Å². The van der Waals surface area contributed by atoms with Crippen LogP contribution in [0.4, 0.5) is 5.69 Å². The molecule has 0 spiro atoms. The molecule has 1 N–H and O–H groups in total. The first-order chi connectivity index (χ1) is 9.00. The minimum atomic E-state index is 0.0392. The van der Waals surface area contributed by atoms with Crippen LogP contribution in [0.3, 0.4) is 0 Å². The second kappa shape index (κ2) is 5.61. The summed E-state index contributed by atoms with van der Waals surface area (Å²) in [6, 6.07) is 10.7. The van der Waals surface area contributed by atoms with E-state index in [-0.39, 0.29) is 12.1 Å². The summed E-state index contributed by atoms with van der Waals surface area (Å²) in [6.45, 7) is 8.05. The second-order valence-electron chi connectivity index (χ2n) is 5.45. The molecule has 1 aliphatic rings. The number of hydrogen-bond donors (Lipinski definition) is 1. The minimum absolute atomic E-state index is 0.0392. The van der Waals surface area contributed by atoms with Gasteiger partial charge >= 0.3 is 0 Å². The van der Waals surface area contributed by atoms with Crippen LogP contribution in [0.2, 0.25) is 0 Å². The maximum atomic E-state index is 12.0. The Morgan fingerprint density at radius 1 is 1.32 bits per heavy atom. The summed E-state index contributed by atoms with van der Waals surface area (Å²) in [6.07, 6.45) is 0.976. The number of amides is 1. The van der Waals surface area contributed by atoms with Gasteiger partial charge in [-0.2, -0.15) is 0 Å². The Balaban J connectivity index is 2.18. The fraction of sp³-hybridized carbons (Fsp3) is 0.533. The standard InChI is InChI=1S/C15H23N3O/c1-11(2)17-12(3)10-15(18(17)13(4)19)16-14-8-6-5-7-9-14/h5-9,11-12,15-16H,10H2,1-4H3/t12-,15-/m0/s1. The van der Waals surface area contributed by atoms with Gasteiger partial charge in [-0.3, -0.25) is 9.80 Å². The number of benzene rings is 1. The number of carbonyl (C=O) groups excluding carboxylic acids is 1. The molecular formula is C15H23N3O. The first kappa shape index (κ1) is 13.9. The van der Waals surface area contributed by atoms with E-state index >= 15 is 0 Å². The lowest BCUT2D eigenvalue weighted by Crippen LogP contribution is -2.51. The van der Waals surface area contributed by atoms with Crippen LogP contribution in [0.25, 0.3) is 0 Å². The van der Waals surface area contributed by atoms with Crippen LogP contribution in [0.5, 0.6) is 0 Å². The third kappa shape index (κ3) is 2.89. The topological polar surface area (TPSA) is 35.6 Å². The molecule has 1 amide bonds. The quantitative estimate of drug-likeness (QED) is 0.908. The summed E-state index contributed by atoms with van der Waals surface area (Å²) in [7, 11) is 0. The van der Waals surface area contributed by atoms with Crippen LogP contribution in [-0.4, -0.2) is 34.2 Å². The number of rotatable bonds is 3. The third-order valence-corrected chi connectivity index (χ3v) is 3.52. The zero-order valence-corrected chi connectivity index (χ0v) is 12.1. The van der Waals surface area contributed by atoms with E-state index < -0.39 is 0 Å². The molecule has 1 heterocycles. The highest BCUT2D eigenvalue weighted by atomic mass is 16.2. The van der Waals surface area contributed by atoms with E-state index in [2.05, 4.69) is 31.1 Å². The summed E-state index contributed by atoms with van der Waals surface area (Å²) in [5, 5.41) is 7.48. The zero-order valence-electron chi connectivity index (χ0n) is 12.1.